The Bertz CT molecular complexity index is 312. The molecule has 68 valence electrons. The quantitative estimate of drug-likeness (QED) is 0.694. The Morgan fingerprint density at radius 1 is 1.38 bits per heavy atom. The summed E-state index contributed by atoms with van der Waals surface area (Å²) >= 11 is 0. The van der Waals surface area contributed by atoms with Crippen LogP contribution >= 0.6 is 0 Å². The maximum absolute atomic E-state index is 6.31. The maximum atomic E-state index is 6.31. The van der Waals surface area contributed by atoms with Gasteiger partial charge in [0.25, 0.3) is 0 Å². The number of fused-ring (bicyclic) bond motifs is 1. The van der Waals surface area contributed by atoms with Crippen molar-refractivity contribution in [3.05, 3.63) is 24.3 Å². The molecule has 1 heterocycles. The van der Waals surface area contributed by atoms with Gasteiger partial charge in [0.2, 0.25) is 0 Å². The summed E-state index contributed by atoms with van der Waals surface area (Å²) < 4.78 is 0. The molecule has 0 saturated heterocycles. The third-order valence-corrected chi connectivity index (χ3v) is 3.41. The second-order valence-electron chi connectivity index (χ2n) is 4.41. The lowest BCUT2D eigenvalue weighted by atomic mass is 9.91. The van der Waals surface area contributed by atoms with E-state index in [1.807, 2.05) is 6.07 Å². The predicted octanol–water partition coefficient (Wildman–Crippen LogP) is 1.06. The van der Waals surface area contributed by atoms with Crippen LogP contribution in [0.4, 0.5) is 0 Å². The highest BCUT2D eigenvalue weighted by Gasteiger charge is 2.53. The van der Waals surface area contributed by atoms with Crippen LogP contribution in [-0.2, 0) is 5.54 Å². The van der Waals surface area contributed by atoms with E-state index in [0.717, 1.165) is 30.4 Å². The van der Waals surface area contributed by atoms with Gasteiger partial charge in [0.15, 0.2) is 0 Å². The minimum atomic E-state index is -0.142. The van der Waals surface area contributed by atoms with E-state index in [9.17, 15) is 0 Å². The molecule has 2 atom stereocenters. The summed E-state index contributed by atoms with van der Waals surface area (Å²) in [4.78, 5) is 8.16. The zero-order valence-corrected chi connectivity index (χ0v) is 7.48. The molecule has 1 aromatic heterocycles. The molecule has 0 bridgehead atoms. The van der Waals surface area contributed by atoms with Gasteiger partial charge in [-0.05, 0) is 37.2 Å². The summed E-state index contributed by atoms with van der Waals surface area (Å²) in [6.45, 7) is 0. The SMILES string of the molecule is NC1(c2ccncn2)CC2CC2C1. The van der Waals surface area contributed by atoms with Gasteiger partial charge in [-0.3, -0.25) is 0 Å². The van der Waals surface area contributed by atoms with E-state index in [0.29, 0.717) is 0 Å². The van der Waals surface area contributed by atoms with E-state index in [-0.39, 0.29) is 5.54 Å². The number of nitrogens with zero attached hydrogens (tertiary/aromatic N) is 2. The first-order valence-corrected chi connectivity index (χ1v) is 4.83. The third-order valence-electron chi connectivity index (χ3n) is 3.41. The average molecular weight is 175 g/mol. The Morgan fingerprint density at radius 2 is 2.15 bits per heavy atom. The minimum Gasteiger partial charge on any atom is -0.320 e. The highest BCUT2D eigenvalue weighted by Crippen LogP contribution is 2.57. The Balaban J connectivity index is 1.92. The summed E-state index contributed by atoms with van der Waals surface area (Å²) in [5, 5.41) is 0. The van der Waals surface area contributed by atoms with Gasteiger partial charge in [-0.25, -0.2) is 9.97 Å². The fraction of sp³-hybridized carbons (Fsp3) is 0.600. The Hall–Kier alpha value is -0.960. The monoisotopic (exact) mass is 175 g/mol. The summed E-state index contributed by atoms with van der Waals surface area (Å²) in [5.74, 6) is 1.78. The van der Waals surface area contributed by atoms with Crippen molar-refractivity contribution in [3.63, 3.8) is 0 Å². The molecule has 3 heteroatoms. The predicted molar refractivity (Wildman–Crippen MR) is 48.7 cm³/mol. The molecule has 3 rings (SSSR count). The molecule has 13 heavy (non-hydrogen) atoms. The van der Waals surface area contributed by atoms with Crippen molar-refractivity contribution in [2.24, 2.45) is 17.6 Å². The van der Waals surface area contributed by atoms with E-state index in [1.54, 1.807) is 12.5 Å². The first kappa shape index (κ1) is 7.44. The van der Waals surface area contributed by atoms with E-state index in [4.69, 9.17) is 5.73 Å². The lowest BCUT2D eigenvalue weighted by Gasteiger charge is -2.24. The van der Waals surface area contributed by atoms with Crippen molar-refractivity contribution in [1.29, 1.82) is 0 Å². The molecule has 0 amide bonds. The van der Waals surface area contributed by atoms with Crippen molar-refractivity contribution >= 4 is 0 Å². The van der Waals surface area contributed by atoms with E-state index in [1.165, 1.54) is 6.42 Å². The first-order valence-electron chi connectivity index (χ1n) is 4.83. The molecule has 1 aromatic rings. The lowest BCUT2D eigenvalue weighted by Crippen LogP contribution is -2.35. The fourth-order valence-electron chi connectivity index (χ4n) is 2.62. The molecule has 2 N–H and O–H groups in total. The van der Waals surface area contributed by atoms with E-state index in [2.05, 4.69) is 9.97 Å². The summed E-state index contributed by atoms with van der Waals surface area (Å²) in [6.07, 6.45) is 7.00. The summed E-state index contributed by atoms with van der Waals surface area (Å²) in [5.41, 5.74) is 7.19. The van der Waals surface area contributed by atoms with Gasteiger partial charge in [0.05, 0.1) is 11.2 Å². The number of nitrogens with two attached hydrogens (primary N) is 1. The molecule has 2 unspecified atom stereocenters. The Labute approximate surface area is 77.4 Å². The molecule has 2 aliphatic carbocycles. The van der Waals surface area contributed by atoms with Gasteiger partial charge in [-0.1, -0.05) is 0 Å². The zero-order chi connectivity index (χ0) is 8.89. The lowest BCUT2D eigenvalue weighted by molar-refractivity contribution is 0.398. The van der Waals surface area contributed by atoms with Gasteiger partial charge in [0.1, 0.15) is 6.33 Å². The van der Waals surface area contributed by atoms with Crippen LogP contribution in [0.5, 0.6) is 0 Å². The van der Waals surface area contributed by atoms with Gasteiger partial charge >= 0.3 is 0 Å². The van der Waals surface area contributed by atoms with Crippen LogP contribution in [0.3, 0.4) is 0 Å². The Morgan fingerprint density at radius 3 is 2.77 bits per heavy atom. The highest BCUT2D eigenvalue weighted by molar-refractivity contribution is 5.19. The van der Waals surface area contributed by atoms with Crippen LogP contribution in [0.25, 0.3) is 0 Å². The van der Waals surface area contributed by atoms with Crippen LogP contribution in [0, 0.1) is 11.8 Å². The summed E-state index contributed by atoms with van der Waals surface area (Å²) in [6, 6.07) is 1.95. The summed E-state index contributed by atoms with van der Waals surface area (Å²) in [7, 11) is 0. The molecule has 0 radical (unpaired) electrons. The van der Waals surface area contributed by atoms with Crippen LogP contribution in [-0.4, -0.2) is 9.97 Å². The molecule has 2 aliphatic rings. The number of aromatic nitrogens is 2. The largest absolute Gasteiger partial charge is 0.320 e. The zero-order valence-electron chi connectivity index (χ0n) is 7.48. The molecular weight excluding hydrogens is 162 g/mol. The standard InChI is InChI=1S/C10H13N3/c11-10(4-7-3-8(7)5-10)9-1-2-12-6-13-9/h1-2,6-8H,3-5,11H2. The van der Waals surface area contributed by atoms with Gasteiger partial charge in [-0.2, -0.15) is 0 Å². The van der Waals surface area contributed by atoms with Crippen LogP contribution in [0.1, 0.15) is 25.0 Å². The smallest absolute Gasteiger partial charge is 0.115 e. The van der Waals surface area contributed by atoms with Crippen molar-refractivity contribution in [2.45, 2.75) is 24.8 Å². The number of hydrogen-bond donors (Lipinski definition) is 1. The molecule has 2 saturated carbocycles. The van der Waals surface area contributed by atoms with Crippen molar-refractivity contribution < 1.29 is 0 Å². The van der Waals surface area contributed by atoms with Crippen LogP contribution in [0.15, 0.2) is 18.6 Å². The molecule has 2 fully saturated rings. The van der Waals surface area contributed by atoms with Gasteiger partial charge in [-0.15, -0.1) is 0 Å². The van der Waals surface area contributed by atoms with Gasteiger partial charge in [0, 0.05) is 6.20 Å². The minimum absolute atomic E-state index is 0.142. The van der Waals surface area contributed by atoms with Gasteiger partial charge < -0.3 is 5.73 Å². The number of rotatable bonds is 1. The third kappa shape index (κ3) is 1.07. The molecule has 0 spiro atoms. The molecule has 0 aromatic carbocycles. The van der Waals surface area contributed by atoms with Crippen LogP contribution < -0.4 is 5.73 Å². The van der Waals surface area contributed by atoms with Crippen molar-refractivity contribution in [1.82, 2.24) is 9.97 Å². The molecule has 0 aliphatic heterocycles. The number of hydrogen-bond acceptors (Lipinski definition) is 3. The highest BCUT2D eigenvalue weighted by atomic mass is 14.9. The first-order chi connectivity index (χ1) is 6.28. The average Bonchev–Trinajstić information content (AvgIpc) is 2.77. The topological polar surface area (TPSA) is 51.8 Å². The van der Waals surface area contributed by atoms with Crippen molar-refractivity contribution in [3.8, 4) is 0 Å². The second-order valence-corrected chi connectivity index (χ2v) is 4.41. The fourth-order valence-corrected chi connectivity index (χ4v) is 2.62. The van der Waals surface area contributed by atoms with Crippen molar-refractivity contribution in [2.75, 3.05) is 0 Å². The molecular formula is C10H13N3. The van der Waals surface area contributed by atoms with E-state index >= 15 is 0 Å². The Kier molecular flexibility index (Phi) is 1.31. The van der Waals surface area contributed by atoms with Crippen LogP contribution in [0.2, 0.25) is 0 Å². The molecule has 3 nitrogen and oxygen atoms in total. The van der Waals surface area contributed by atoms with E-state index < -0.39 is 0 Å². The maximum Gasteiger partial charge on any atom is 0.115 e. The second kappa shape index (κ2) is 2.29. The normalized spacial score (nSPS) is 41.6.